The van der Waals surface area contributed by atoms with Crippen LogP contribution in [0.4, 0.5) is 10.1 Å². The van der Waals surface area contributed by atoms with Gasteiger partial charge in [0.05, 0.1) is 48.9 Å². The van der Waals surface area contributed by atoms with Gasteiger partial charge in [-0.15, -0.1) is 4.80 Å². The number of hydrogen-bond acceptors (Lipinski definition) is 6. The fourth-order valence-corrected chi connectivity index (χ4v) is 4.34. The number of aromatic nitrogens is 5. The Morgan fingerprint density at radius 2 is 1.87 bits per heavy atom. The maximum Gasteiger partial charge on any atom is 0.163 e. The van der Waals surface area contributed by atoms with E-state index in [1.165, 1.54) is 16.9 Å². The van der Waals surface area contributed by atoms with Gasteiger partial charge in [0.15, 0.2) is 11.5 Å². The van der Waals surface area contributed by atoms with Gasteiger partial charge in [0.1, 0.15) is 17.3 Å². The largest absolute Gasteiger partial charge is 0.493 e. The number of halogens is 1. The van der Waals surface area contributed by atoms with Crippen molar-refractivity contribution in [2.24, 2.45) is 0 Å². The average Bonchev–Trinajstić information content (AvgIpc) is 3.52. The molecule has 1 saturated heterocycles. The molecule has 159 valence electrons. The van der Waals surface area contributed by atoms with E-state index in [9.17, 15) is 4.39 Å². The van der Waals surface area contributed by atoms with Crippen LogP contribution in [0.15, 0.2) is 36.7 Å². The monoisotopic (exact) mass is 421 g/mol. The predicted octanol–water partition coefficient (Wildman–Crippen LogP) is 3.62. The minimum atomic E-state index is -0.483. The smallest absolute Gasteiger partial charge is 0.163 e. The van der Waals surface area contributed by atoms with E-state index in [0.717, 1.165) is 36.2 Å². The molecule has 1 N–H and O–H groups in total. The maximum atomic E-state index is 14.3. The Bertz CT molecular complexity index is 1200. The maximum absolute atomic E-state index is 14.3. The number of aromatic amines is 1. The number of hydrogen-bond donors (Lipinski definition) is 1. The Morgan fingerprint density at radius 1 is 1.13 bits per heavy atom. The number of anilines is 1. The van der Waals surface area contributed by atoms with Gasteiger partial charge in [0.2, 0.25) is 0 Å². The number of rotatable bonds is 5. The Morgan fingerprint density at radius 3 is 2.61 bits per heavy atom. The van der Waals surface area contributed by atoms with Crippen molar-refractivity contribution >= 4 is 16.7 Å². The molecule has 1 radical (unpaired) electrons. The number of methoxy groups -OCH3 is 2. The first-order valence-electron chi connectivity index (χ1n) is 10.0. The Balaban J connectivity index is 1.63. The summed E-state index contributed by atoms with van der Waals surface area (Å²) < 4.78 is 25.1. The minimum Gasteiger partial charge on any atom is -0.493 e. The van der Waals surface area contributed by atoms with E-state index in [0.29, 0.717) is 22.9 Å². The molecule has 4 aromatic rings. The van der Waals surface area contributed by atoms with E-state index in [1.807, 2.05) is 12.1 Å². The molecule has 9 heteroatoms. The molecule has 0 bridgehead atoms. The van der Waals surface area contributed by atoms with Crippen molar-refractivity contribution in [2.75, 3.05) is 25.7 Å². The lowest BCUT2D eigenvalue weighted by molar-refractivity contribution is 0.356. The molecule has 8 nitrogen and oxygen atoms in total. The second kappa shape index (κ2) is 7.26. The van der Waals surface area contributed by atoms with Gasteiger partial charge in [-0.1, -0.05) is 0 Å². The van der Waals surface area contributed by atoms with Crippen molar-refractivity contribution in [3.05, 3.63) is 54.4 Å². The summed E-state index contributed by atoms with van der Waals surface area (Å²) in [5.74, 6) is 1.68. The normalized spacial score (nSPS) is 18.6. The summed E-state index contributed by atoms with van der Waals surface area (Å²) in [6.07, 6.45) is 4.96. The van der Waals surface area contributed by atoms with Crippen LogP contribution in [0.25, 0.3) is 16.7 Å². The topological polar surface area (TPSA) is 81.1 Å². The van der Waals surface area contributed by atoms with E-state index in [-0.39, 0.29) is 5.82 Å². The van der Waals surface area contributed by atoms with Crippen molar-refractivity contribution in [1.29, 1.82) is 0 Å². The standard InChI is InChI=1S/C22H22FN6O2/c1-22(21-26-15-12-19(30-2)20(31-3)13-16(15)27-21)7-4-10-28(22)18-11-14(23)5-6-17(18)29-24-8-9-25-29/h5,8-9,11-13H,4,7,10H2,1-3H3,(H,26,27)/t22-/m0/s1. The van der Waals surface area contributed by atoms with Crippen LogP contribution in [-0.2, 0) is 5.54 Å². The van der Waals surface area contributed by atoms with Gasteiger partial charge < -0.3 is 19.4 Å². The highest BCUT2D eigenvalue weighted by Gasteiger charge is 2.42. The van der Waals surface area contributed by atoms with Crippen LogP contribution < -0.4 is 14.4 Å². The van der Waals surface area contributed by atoms with Gasteiger partial charge in [-0.25, -0.2) is 9.37 Å². The van der Waals surface area contributed by atoms with Crippen LogP contribution in [0.5, 0.6) is 11.5 Å². The molecule has 1 atom stereocenters. The van der Waals surface area contributed by atoms with E-state index in [2.05, 4.69) is 33.1 Å². The second-order valence-electron chi connectivity index (χ2n) is 7.71. The molecular weight excluding hydrogens is 399 g/mol. The number of nitrogens with one attached hydrogen (secondary N) is 1. The molecule has 0 saturated carbocycles. The van der Waals surface area contributed by atoms with Gasteiger partial charge in [0, 0.05) is 24.7 Å². The number of benzene rings is 2. The third kappa shape index (κ3) is 3.08. The summed E-state index contributed by atoms with van der Waals surface area (Å²) >= 11 is 0. The highest BCUT2D eigenvalue weighted by molar-refractivity contribution is 5.80. The molecule has 1 fully saturated rings. The molecule has 0 amide bonds. The lowest BCUT2D eigenvalue weighted by Gasteiger charge is -2.36. The van der Waals surface area contributed by atoms with Crippen LogP contribution in [-0.4, -0.2) is 45.7 Å². The lowest BCUT2D eigenvalue weighted by Crippen LogP contribution is -2.40. The third-order valence-electron chi connectivity index (χ3n) is 5.91. The number of nitrogens with zero attached hydrogens (tertiary/aromatic N) is 5. The van der Waals surface area contributed by atoms with Gasteiger partial charge in [0.25, 0.3) is 0 Å². The van der Waals surface area contributed by atoms with E-state index >= 15 is 0 Å². The Kier molecular flexibility index (Phi) is 4.53. The van der Waals surface area contributed by atoms with Crippen LogP contribution in [0.3, 0.4) is 0 Å². The molecule has 2 aromatic heterocycles. The van der Waals surface area contributed by atoms with Crippen LogP contribution in [0, 0.1) is 11.9 Å². The lowest BCUT2D eigenvalue weighted by atomic mass is 9.97. The molecule has 1 aliphatic rings. The number of imidazole rings is 1. The first-order valence-corrected chi connectivity index (χ1v) is 10.0. The summed E-state index contributed by atoms with van der Waals surface area (Å²) in [5.41, 5.74) is 2.41. The van der Waals surface area contributed by atoms with Crippen molar-refractivity contribution in [1.82, 2.24) is 25.0 Å². The minimum absolute atomic E-state index is 0.362. The average molecular weight is 421 g/mol. The highest BCUT2D eigenvalue weighted by atomic mass is 19.1. The molecule has 0 aliphatic carbocycles. The summed E-state index contributed by atoms with van der Waals surface area (Å²) in [6.45, 7) is 2.85. The first kappa shape index (κ1) is 19.3. The summed E-state index contributed by atoms with van der Waals surface area (Å²) in [4.78, 5) is 11.9. The van der Waals surface area contributed by atoms with E-state index < -0.39 is 5.54 Å². The van der Waals surface area contributed by atoms with Crippen molar-refractivity contribution < 1.29 is 13.9 Å². The Hall–Kier alpha value is -3.62. The summed E-state index contributed by atoms with van der Waals surface area (Å²) in [7, 11) is 3.20. The van der Waals surface area contributed by atoms with Gasteiger partial charge >= 0.3 is 0 Å². The fourth-order valence-electron chi connectivity index (χ4n) is 4.34. The molecule has 1 aliphatic heterocycles. The third-order valence-corrected chi connectivity index (χ3v) is 5.91. The zero-order valence-electron chi connectivity index (χ0n) is 17.5. The SMILES string of the molecule is COc1cc2nc([C@]3(C)CCCN3c3cc(F)c[c]c3-n3nccn3)[nH]c2cc1OC. The quantitative estimate of drug-likeness (QED) is 0.530. The molecule has 31 heavy (non-hydrogen) atoms. The Labute approximate surface area is 178 Å². The molecule has 0 unspecified atom stereocenters. The van der Waals surface area contributed by atoms with Crippen molar-refractivity contribution in [3.8, 4) is 17.2 Å². The summed E-state index contributed by atoms with van der Waals surface area (Å²) in [6, 6.07) is 9.53. The van der Waals surface area contributed by atoms with Crippen LogP contribution >= 0.6 is 0 Å². The molecule has 2 aromatic carbocycles. The van der Waals surface area contributed by atoms with E-state index in [4.69, 9.17) is 14.5 Å². The molecular formula is C22H22FN6O2. The van der Waals surface area contributed by atoms with Gasteiger partial charge in [-0.2, -0.15) is 10.2 Å². The number of H-pyrrole nitrogens is 1. The fraction of sp³-hybridized carbons (Fsp3) is 0.318. The zero-order chi connectivity index (χ0) is 21.6. The zero-order valence-corrected chi connectivity index (χ0v) is 17.5. The van der Waals surface area contributed by atoms with Crippen LogP contribution in [0.1, 0.15) is 25.6 Å². The first-order chi connectivity index (χ1) is 15.0. The van der Waals surface area contributed by atoms with Crippen molar-refractivity contribution in [2.45, 2.75) is 25.3 Å². The molecule has 5 rings (SSSR count). The highest BCUT2D eigenvalue weighted by Crippen LogP contribution is 2.43. The predicted molar refractivity (Wildman–Crippen MR) is 113 cm³/mol. The van der Waals surface area contributed by atoms with Crippen LogP contribution in [0.2, 0.25) is 0 Å². The molecule has 0 spiro atoms. The summed E-state index contributed by atoms with van der Waals surface area (Å²) in [5, 5.41) is 8.43. The van der Waals surface area contributed by atoms with Crippen molar-refractivity contribution in [3.63, 3.8) is 0 Å². The van der Waals surface area contributed by atoms with Gasteiger partial charge in [-0.3, -0.25) is 0 Å². The number of fused-ring (bicyclic) bond motifs is 1. The molecule has 3 heterocycles. The second-order valence-corrected chi connectivity index (χ2v) is 7.71. The van der Waals surface area contributed by atoms with Gasteiger partial charge in [-0.05, 0) is 31.9 Å². The number of ether oxygens (including phenoxy) is 2. The van der Waals surface area contributed by atoms with E-state index in [1.54, 1.807) is 26.6 Å².